The van der Waals surface area contributed by atoms with Gasteiger partial charge in [0.1, 0.15) is 5.78 Å². The van der Waals surface area contributed by atoms with E-state index >= 15 is 0 Å². The molecular formula is C30H48O3. The molecule has 0 aromatic rings. The van der Waals surface area contributed by atoms with Gasteiger partial charge in [-0.2, -0.15) is 0 Å². The van der Waals surface area contributed by atoms with Crippen molar-refractivity contribution < 1.29 is 14.7 Å². The van der Waals surface area contributed by atoms with Crippen molar-refractivity contribution in [2.75, 3.05) is 0 Å². The van der Waals surface area contributed by atoms with Crippen LogP contribution in [0.25, 0.3) is 0 Å². The summed E-state index contributed by atoms with van der Waals surface area (Å²) in [5, 5.41) is 10.4. The van der Waals surface area contributed by atoms with Crippen molar-refractivity contribution in [3.63, 3.8) is 0 Å². The second-order valence-corrected chi connectivity index (χ2v) is 14.4. The molecule has 4 unspecified atom stereocenters. The Labute approximate surface area is 202 Å². The predicted molar refractivity (Wildman–Crippen MR) is 134 cm³/mol. The van der Waals surface area contributed by atoms with Crippen LogP contribution in [-0.2, 0) is 9.59 Å². The van der Waals surface area contributed by atoms with Crippen molar-refractivity contribution in [3.05, 3.63) is 11.6 Å². The lowest BCUT2D eigenvalue weighted by Crippen LogP contribution is -2.59. The number of rotatable bonds is 4. The van der Waals surface area contributed by atoms with Crippen LogP contribution in [-0.4, -0.2) is 16.9 Å². The first kappa shape index (κ1) is 25.0. The number of carbonyl (C=O) groups excluding carboxylic acids is 1. The summed E-state index contributed by atoms with van der Waals surface area (Å²) >= 11 is 0. The number of aliphatic carboxylic acids is 1. The van der Waals surface area contributed by atoms with Gasteiger partial charge in [0.05, 0.1) is 5.41 Å². The van der Waals surface area contributed by atoms with Gasteiger partial charge in [0.25, 0.3) is 0 Å². The zero-order valence-corrected chi connectivity index (χ0v) is 22.5. The second-order valence-electron chi connectivity index (χ2n) is 14.4. The van der Waals surface area contributed by atoms with Gasteiger partial charge in [-0.15, -0.1) is 0 Å². The molecule has 4 aliphatic carbocycles. The van der Waals surface area contributed by atoms with Crippen LogP contribution in [0.3, 0.4) is 0 Å². The average Bonchev–Trinajstić information content (AvgIpc) is 2.71. The van der Waals surface area contributed by atoms with Gasteiger partial charge in [-0.3, -0.25) is 9.59 Å². The van der Waals surface area contributed by atoms with E-state index in [-0.39, 0.29) is 27.6 Å². The van der Waals surface area contributed by atoms with E-state index in [1.165, 1.54) is 5.57 Å². The fourth-order valence-electron chi connectivity index (χ4n) is 9.77. The minimum Gasteiger partial charge on any atom is -0.481 e. The second kappa shape index (κ2) is 7.69. The molecule has 0 heterocycles. The van der Waals surface area contributed by atoms with Crippen LogP contribution in [0.2, 0.25) is 0 Å². The Balaban J connectivity index is 1.73. The molecule has 0 radical (unpaired) electrons. The van der Waals surface area contributed by atoms with Crippen LogP contribution >= 0.6 is 0 Å². The van der Waals surface area contributed by atoms with Gasteiger partial charge in [-0.1, -0.05) is 67.0 Å². The van der Waals surface area contributed by atoms with Gasteiger partial charge in [-0.25, -0.2) is 0 Å². The molecule has 4 aliphatic rings. The summed E-state index contributed by atoms with van der Waals surface area (Å²) in [5.74, 6) is 1.45. The zero-order valence-electron chi connectivity index (χ0n) is 22.5. The van der Waals surface area contributed by atoms with Crippen LogP contribution in [0, 0.1) is 50.7 Å². The number of hydrogen-bond acceptors (Lipinski definition) is 2. The Morgan fingerprint density at radius 1 is 1.00 bits per heavy atom. The number of carboxylic acids is 1. The molecule has 33 heavy (non-hydrogen) atoms. The standard InChI is InChI=1S/C30H48O3/c1-9-24(31)28(6,7)22-13-14-29(8)20-12-15-30(25(32)33)17-16-26(2,3)18-21(30)19(20)10-11-23(29)27(22,4)5/h10,20-23H,9,11-18H2,1-8H3,(H,32,33)/t20?,21?,22?,23?,29-,30+/m0/s1. The predicted octanol–water partition coefficient (Wildman–Crippen LogP) is 7.69. The maximum atomic E-state index is 12.9. The van der Waals surface area contributed by atoms with Crippen molar-refractivity contribution in [2.45, 2.75) is 113 Å². The minimum atomic E-state index is -0.557. The topological polar surface area (TPSA) is 54.4 Å². The molecule has 0 aromatic heterocycles. The average molecular weight is 457 g/mol. The highest BCUT2D eigenvalue weighted by atomic mass is 16.4. The van der Waals surface area contributed by atoms with Gasteiger partial charge in [0, 0.05) is 11.8 Å². The zero-order chi connectivity index (χ0) is 24.6. The Bertz CT molecular complexity index is 862. The van der Waals surface area contributed by atoms with E-state index < -0.39 is 11.4 Å². The molecule has 0 bridgehead atoms. The van der Waals surface area contributed by atoms with Crippen LogP contribution in [0.5, 0.6) is 0 Å². The summed E-state index contributed by atoms with van der Waals surface area (Å²) in [7, 11) is 0. The first-order valence-electron chi connectivity index (χ1n) is 13.6. The van der Waals surface area contributed by atoms with Crippen LogP contribution in [0.4, 0.5) is 0 Å². The normalized spacial score (nSPS) is 41.8. The number of hydrogen-bond donors (Lipinski definition) is 1. The van der Waals surface area contributed by atoms with Gasteiger partial charge in [-0.05, 0) is 91.3 Å². The Hall–Kier alpha value is -1.12. The third-order valence-electron chi connectivity index (χ3n) is 11.6. The lowest BCUT2D eigenvalue weighted by molar-refractivity contribution is -0.165. The summed E-state index contributed by atoms with van der Waals surface area (Å²) in [6, 6.07) is 0. The van der Waals surface area contributed by atoms with Crippen LogP contribution in [0.15, 0.2) is 11.6 Å². The molecule has 3 fully saturated rings. The van der Waals surface area contributed by atoms with Crippen LogP contribution < -0.4 is 0 Å². The SMILES string of the molecule is CCC(=O)C(C)(C)C1CC[C@@]2(C)C3CC[C@@]4(C(=O)O)CCC(C)(C)CC4C3=CCC2C1(C)C. The third kappa shape index (κ3) is 3.49. The van der Waals surface area contributed by atoms with E-state index in [0.29, 0.717) is 30.0 Å². The van der Waals surface area contributed by atoms with Gasteiger partial charge >= 0.3 is 5.97 Å². The first-order chi connectivity index (χ1) is 15.1. The summed E-state index contributed by atoms with van der Waals surface area (Å²) < 4.78 is 0. The molecule has 0 saturated heterocycles. The summed E-state index contributed by atoms with van der Waals surface area (Å²) in [4.78, 5) is 25.6. The van der Waals surface area contributed by atoms with Crippen molar-refractivity contribution in [1.29, 1.82) is 0 Å². The maximum absolute atomic E-state index is 12.9. The highest BCUT2D eigenvalue weighted by molar-refractivity contribution is 5.84. The van der Waals surface area contributed by atoms with Crippen molar-refractivity contribution in [2.24, 2.45) is 50.7 Å². The smallest absolute Gasteiger partial charge is 0.310 e. The van der Waals surface area contributed by atoms with Gasteiger partial charge in [0.15, 0.2) is 0 Å². The number of carbonyl (C=O) groups is 2. The van der Waals surface area contributed by atoms with E-state index in [2.05, 4.69) is 54.5 Å². The lowest BCUT2D eigenvalue weighted by Gasteiger charge is -2.65. The molecule has 3 saturated carbocycles. The summed E-state index contributed by atoms with van der Waals surface area (Å²) in [5.41, 5.74) is 1.14. The Morgan fingerprint density at radius 3 is 2.27 bits per heavy atom. The summed E-state index contributed by atoms with van der Waals surface area (Å²) in [6.07, 6.45) is 11.1. The minimum absolute atomic E-state index is 0.0799. The molecule has 186 valence electrons. The van der Waals surface area contributed by atoms with Crippen LogP contribution in [0.1, 0.15) is 113 Å². The lowest BCUT2D eigenvalue weighted by atomic mass is 9.39. The van der Waals surface area contributed by atoms with Crippen molar-refractivity contribution >= 4 is 11.8 Å². The highest BCUT2D eigenvalue weighted by Gasteiger charge is 2.63. The quantitative estimate of drug-likeness (QED) is 0.441. The van der Waals surface area contributed by atoms with Crippen molar-refractivity contribution in [3.8, 4) is 0 Å². The molecule has 4 rings (SSSR count). The van der Waals surface area contributed by atoms with E-state index in [0.717, 1.165) is 51.4 Å². The molecule has 0 spiro atoms. The first-order valence-corrected chi connectivity index (χ1v) is 13.6. The van der Waals surface area contributed by atoms with E-state index in [1.54, 1.807) is 0 Å². The van der Waals surface area contributed by atoms with E-state index in [1.807, 2.05) is 6.92 Å². The molecule has 3 nitrogen and oxygen atoms in total. The monoisotopic (exact) mass is 456 g/mol. The third-order valence-corrected chi connectivity index (χ3v) is 11.6. The fraction of sp³-hybridized carbons (Fsp3) is 0.867. The number of allylic oxidation sites excluding steroid dienone is 2. The Morgan fingerprint density at radius 2 is 1.67 bits per heavy atom. The molecule has 0 amide bonds. The van der Waals surface area contributed by atoms with Gasteiger partial charge in [0.2, 0.25) is 0 Å². The summed E-state index contributed by atoms with van der Waals surface area (Å²) in [6.45, 7) is 18.4. The molecule has 0 aliphatic heterocycles. The Kier molecular flexibility index (Phi) is 5.82. The molecule has 3 heteroatoms. The largest absolute Gasteiger partial charge is 0.481 e. The molecular weight excluding hydrogens is 408 g/mol. The highest BCUT2D eigenvalue weighted by Crippen LogP contribution is 2.69. The van der Waals surface area contributed by atoms with E-state index in [9.17, 15) is 14.7 Å². The molecule has 0 aromatic carbocycles. The number of carboxylic acid groups (broad SMARTS) is 1. The number of fused-ring (bicyclic) bond motifs is 5. The fourth-order valence-corrected chi connectivity index (χ4v) is 9.77. The number of ketones is 1. The number of Topliss-reactive ketones (excluding diaryl/α,β-unsaturated/α-hetero) is 1. The molecule has 6 atom stereocenters. The maximum Gasteiger partial charge on any atom is 0.310 e. The molecule has 1 N–H and O–H groups in total. The van der Waals surface area contributed by atoms with E-state index in [4.69, 9.17) is 0 Å². The van der Waals surface area contributed by atoms with Crippen molar-refractivity contribution in [1.82, 2.24) is 0 Å². The van der Waals surface area contributed by atoms with Gasteiger partial charge < -0.3 is 5.11 Å².